The number of terminal acetylenes is 1. The highest BCUT2D eigenvalue weighted by Gasteiger charge is 2.30. The number of nitrogen functional groups attached to an aromatic ring is 1. The summed E-state index contributed by atoms with van der Waals surface area (Å²) >= 11 is 0.951. The number of nitrogens with two attached hydrogens (primary N) is 1. The van der Waals surface area contributed by atoms with Crippen molar-refractivity contribution in [1.82, 2.24) is 14.5 Å². The zero-order valence-electron chi connectivity index (χ0n) is 11.6. The van der Waals surface area contributed by atoms with Crippen molar-refractivity contribution in [2.45, 2.75) is 25.2 Å². The molecule has 0 unspecified atom stereocenters. The molecule has 1 fully saturated rings. The van der Waals surface area contributed by atoms with Gasteiger partial charge in [-0.15, -0.1) is 6.42 Å². The maximum Gasteiger partial charge on any atom is 0.311 e. The zero-order chi connectivity index (χ0) is 15.7. The molecule has 0 aromatic carbocycles. The van der Waals surface area contributed by atoms with E-state index in [4.69, 9.17) is 26.7 Å². The Morgan fingerprint density at radius 1 is 1.55 bits per heavy atom. The molecule has 0 bridgehead atoms. The minimum absolute atomic E-state index is 0.0113. The Bertz CT molecular complexity index is 794. The van der Waals surface area contributed by atoms with Gasteiger partial charge in [0.25, 0.3) is 0 Å². The van der Waals surface area contributed by atoms with Crippen LogP contribution >= 0.6 is 11.3 Å². The molecular weight excluding hydrogens is 308 g/mol. The molecule has 3 rings (SSSR count). The first-order valence-electron chi connectivity index (χ1n) is 6.65. The molecule has 0 spiro atoms. The van der Waals surface area contributed by atoms with Crippen LogP contribution < -0.4 is 15.3 Å². The third-order valence-electron chi connectivity index (χ3n) is 3.32. The number of aromatic nitrogens is 3. The van der Waals surface area contributed by atoms with Gasteiger partial charge in [-0.05, 0) is 12.8 Å². The summed E-state index contributed by atoms with van der Waals surface area (Å²) in [7, 11) is 0. The standard InChI is InChI=1S/C13H14N4O4S/c1-2-5-20-11-9-10(15-12(14)16-11)17(13(19)22-9)8-4-3-7(6-18)21-8/h1,7-8,18H,3-6H2,(H2,14,15,16)/t7-,8+/m0/s1. The first kappa shape index (κ1) is 14.8. The second-order valence-electron chi connectivity index (χ2n) is 4.74. The summed E-state index contributed by atoms with van der Waals surface area (Å²) in [6, 6.07) is 0. The summed E-state index contributed by atoms with van der Waals surface area (Å²) < 4.78 is 12.9. The van der Waals surface area contributed by atoms with Crippen molar-refractivity contribution in [3.05, 3.63) is 9.67 Å². The minimum atomic E-state index is -0.479. The second-order valence-corrected chi connectivity index (χ2v) is 5.70. The van der Waals surface area contributed by atoms with E-state index < -0.39 is 6.23 Å². The molecule has 1 saturated heterocycles. The summed E-state index contributed by atoms with van der Waals surface area (Å²) in [5.74, 6) is 2.52. The van der Waals surface area contributed by atoms with Gasteiger partial charge in [-0.1, -0.05) is 17.3 Å². The fourth-order valence-electron chi connectivity index (χ4n) is 2.38. The molecule has 22 heavy (non-hydrogen) atoms. The van der Waals surface area contributed by atoms with Crippen molar-refractivity contribution in [3.8, 4) is 18.2 Å². The lowest BCUT2D eigenvalue weighted by Gasteiger charge is -2.13. The lowest BCUT2D eigenvalue weighted by atomic mass is 10.2. The van der Waals surface area contributed by atoms with Crippen LogP contribution in [0.1, 0.15) is 19.1 Å². The number of thiazole rings is 1. The molecule has 2 atom stereocenters. The highest BCUT2D eigenvalue weighted by atomic mass is 32.1. The first-order valence-corrected chi connectivity index (χ1v) is 7.46. The maximum atomic E-state index is 12.3. The van der Waals surface area contributed by atoms with Crippen molar-refractivity contribution in [2.75, 3.05) is 18.9 Å². The number of hydrogen-bond donors (Lipinski definition) is 2. The van der Waals surface area contributed by atoms with E-state index in [1.807, 2.05) is 0 Å². The summed E-state index contributed by atoms with van der Waals surface area (Å²) in [6.07, 6.45) is 5.70. The Labute approximate surface area is 129 Å². The van der Waals surface area contributed by atoms with Gasteiger partial charge in [0.05, 0.1) is 12.7 Å². The Hall–Kier alpha value is -2.15. The van der Waals surface area contributed by atoms with Crippen molar-refractivity contribution < 1.29 is 14.6 Å². The van der Waals surface area contributed by atoms with Gasteiger partial charge in [-0.25, -0.2) is 0 Å². The van der Waals surface area contributed by atoms with Crippen LogP contribution in [-0.2, 0) is 4.74 Å². The van der Waals surface area contributed by atoms with E-state index >= 15 is 0 Å². The molecule has 3 N–H and O–H groups in total. The number of aliphatic hydroxyl groups is 1. The van der Waals surface area contributed by atoms with E-state index in [0.717, 1.165) is 11.3 Å². The Morgan fingerprint density at radius 2 is 2.36 bits per heavy atom. The predicted molar refractivity (Wildman–Crippen MR) is 80.6 cm³/mol. The van der Waals surface area contributed by atoms with E-state index in [-0.39, 0.29) is 36.0 Å². The number of nitrogens with zero attached hydrogens (tertiary/aromatic N) is 3. The van der Waals surface area contributed by atoms with E-state index in [0.29, 0.717) is 23.2 Å². The number of rotatable bonds is 4. The van der Waals surface area contributed by atoms with Crippen LogP contribution in [0.3, 0.4) is 0 Å². The highest BCUT2D eigenvalue weighted by molar-refractivity contribution is 7.16. The molecule has 0 radical (unpaired) electrons. The number of hydrogen-bond acceptors (Lipinski definition) is 8. The summed E-state index contributed by atoms with van der Waals surface area (Å²) in [6.45, 7) is -0.0644. The van der Waals surface area contributed by atoms with Crippen LogP contribution in [0.2, 0.25) is 0 Å². The maximum absolute atomic E-state index is 12.3. The lowest BCUT2D eigenvalue weighted by molar-refractivity contribution is -0.0214. The predicted octanol–water partition coefficient (Wildman–Crippen LogP) is 0.117. The Balaban J connectivity index is 2.08. The molecule has 2 aromatic heterocycles. The van der Waals surface area contributed by atoms with Crippen LogP contribution in [0.5, 0.6) is 5.88 Å². The number of anilines is 1. The Morgan fingerprint density at radius 3 is 3.05 bits per heavy atom. The van der Waals surface area contributed by atoms with Gasteiger partial charge in [0.2, 0.25) is 11.8 Å². The van der Waals surface area contributed by atoms with Gasteiger partial charge in [0, 0.05) is 0 Å². The fraction of sp³-hybridized carbons (Fsp3) is 0.462. The molecule has 2 aromatic rings. The average Bonchev–Trinajstić information content (AvgIpc) is 3.08. The largest absolute Gasteiger partial charge is 0.463 e. The first-order chi connectivity index (χ1) is 10.6. The summed E-state index contributed by atoms with van der Waals surface area (Å²) in [4.78, 5) is 20.2. The molecular formula is C13H14N4O4S. The van der Waals surface area contributed by atoms with E-state index in [1.54, 1.807) is 0 Å². The Kier molecular flexibility index (Phi) is 3.98. The molecule has 3 heterocycles. The van der Waals surface area contributed by atoms with Crippen LogP contribution in [0.25, 0.3) is 10.3 Å². The molecule has 1 aliphatic rings. The molecule has 8 nitrogen and oxygen atoms in total. The quantitative estimate of drug-likeness (QED) is 0.769. The van der Waals surface area contributed by atoms with Gasteiger partial charge in [0.1, 0.15) is 10.9 Å². The molecule has 0 aliphatic carbocycles. The minimum Gasteiger partial charge on any atom is -0.463 e. The van der Waals surface area contributed by atoms with Gasteiger partial charge >= 0.3 is 4.87 Å². The third kappa shape index (κ3) is 2.52. The number of aliphatic hydroxyl groups excluding tert-OH is 1. The fourth-order valence-corrected chi connectivity index (χ4v) is 3.29. The van der Waals surface area contributed by atoms with Crippen molar-refractivity contribution >= 4 is 27.6 Å². The monoisotopic (exact) mass is 322 g/mol. The van der Waals surface area contributed by atoms with Gasteiger partial charge in [-0.2, -0.15) is 9.97 Å². The third-order valence-corrected chi connectivity index (χ3v) is 4.25. The van der Waals surface area contributed by atoms with Gasteiger partial charge in [0.15, 0.2) is 12.3 Å². The molecule has 9 heteroatoms. The van der Waals surface area contributed by atoms with E-state index in [1.165, 1.54) is 4.57 Å². The van der Waals surface area contributed by atoms with Gasteiger partial charge < -0.3 is 20.3 Å². The van der Waals surface area contributed by atoms with Gasteiger partial charge in [-0.3, -0.25) is 9.36 Å². The van der Waals surface area contributed by atoms with Crippen LogP contribution in [0, 0.1) is 12.3 Å². The normalized spacial score (nSPS) is 21.1. The topological polar surface area (TPSA) is 112 Å². The van der Waals surface area contributed by atoms with E-state index in [2.05, 4.69) is 15.9 Å². The smallest absolute Gasteiger partial charge is 0.311 e. The van der Waals surface area contributed by atoms with Crippen LogP contribution in [0.15, 0.2) is 4.79 Å². The van der Waals surface area contributed by atoms with Crippen molar-refractivity contribution in [1.29, 1.82) is 0 Å². The van der Waals surface area contributed by atoms with Crippen LogP contribution in [-0.4, -0.2) is 39.0 Å². The van der Waals surface area contributed by atoms with E-state index in [9.17, 15) is 4.79 Å². The average molecular weight is 322 g/mol. The summed E-state index contributed by atoms with van der Waals surface area (Å²) in [5.41, 5.74) is 6.04. The summed E-state index contributed by atoms with van der Waals surface area (Å²) in [5, 5.41) is 9.16. The highest BCUT2D eigenvalue weighted by Crippen LogP contribution is 2.33. The zero-order valence-corrected chi connectivity index (χ0v) is 12.4. The molecule has 116 valence electrons. The lowest BCUT2D eigenvalue weighted by Crippen LogP contribution is -2.21. The second kappa shape index (κ2) is 5.92. The van der Waals surface area contributed by atoms with Crippen molar-refractivity contribution in [2.24, 2.45) is 0 Å². The molecule has 0 amide bonds. The van der Waals surface area contributed by atoms with Crippen LogP contribution in [0.4, 0.5) is 5.95 Å². The molecule has 0 saturated carbocycles. The molecule has 1 aliphatic heterocycles. The SMILES string of the molecule is C#CCOc1nc(N)nc2c1sc(=O)n2[C@H]1CC[C@@H](CO)O1. The number of fused-ring (bicyclic) bond motifs is 1. The van der Waals surface area contributed by atoms with Crippen molar-refractivity contribution in [3.63, 3.8) is 0 Å². The number of ether oxygens (including phenoxy) is 2.